The quantitative estimate of drug-likeness (QED) is 0.595. The van der Waals surface area contributed by atoms with E-state index in [2.05, 4.69) is 22.4 Å². The van der Waals surface area contributed by atoms with Crippen molar-refractivity contribution in [2.75, 3.05) is 13.7 Å². The molecule has 1 heterocycles. The zero-order chi connectivity index (χ0) is 14.4. The van der Waals surface area contributed by atoms with Crippen LogP contribution in [0.15, 0.2) is 23.2 Å². The van der Waals surface area contributed by atoms with Gasteiger partial charge in [0.2, 0.25) is 0 Å². The topological polar surface area (TPSA) is 30.8 Å². The number of methoxy groups -OCH3 is 1. The van der Waals surface area contributed by atoms with Crippen molar-refractivity contribution in [3.05, 3.63) is 29.6 Å². The van der Waals surface area contributed by atoms with Gasteiger partial charge >= 0.3 is 0 Å². The fourth-order valence-corrected chi connectivity index (χ4v) is 2.60. The van der Waals surface area contributed by atoms with E-state index < -0.39 is 0 Å². The molecule has 0 aromatic heterocycles. The summed E-state index contributed by atoms with van der Waals surface area (Å²) in [5.41, 5.74) is 0.886. The maximum absolute atomic E-state index is 13.3. The van der Waals surface area contributed by atoms with Crippen LogP contribution in [0.2, 0.25) is 0 Å². The van der Waals surface area contributed by atoms with Crippen LogP contribution in [0.5, 0.6) is 5.75 Å². The van der Waals surface area contributed by atoms with Gasteiger partial charge in [-0.15, -0.1) is 0 Å². The highest BCUT2D eigenvalue weighted by molar-refractivity contribution is 7.78. The minimum Gasteiger partial charge on any atom is -0.496 e. The van der Waals surface area contributed by atoms with Crippen LogP contribution in [0.25, 0.3) is 0 Å². The number of aliphatic imine (C=N–C) groups is 1. The second kappa shape index (κ2) is 7.48. The number of rotatable bonds is 6. The Morgan fingerprint density at radius 3 is 3.00 bits per heavy atom. The van der Waals surface area contributed by atoms with E-state index in [1.54, 1.807) is 13.2 Å². The molecule has 1 fully saturated rings. The van der Waals surface area contributed by atoms with E-state index in [4.69, 9.17) is 9.47 Å². The third-order valence-corrected chi connectivity index (χ3v) is 3.66. The fraction of sp³-hybridized carbons (Fsp3) is 0.533. The number of benzene rings is 1. The van der Waals surface area contributed by atoms with E-state index in [-0.39, 0.29) is 18.0 Å². The monoisotopic (exact) mass is 295 g/mol. The molecule has 20 heavy (non-hydrogen) atoms. The molecule has 108 valence electrons. The van der Waals surface area contributed by atoms with E-state index in [0.717, 1.165) is 37.0 Å². The van der Waals surface area contributed by atoms with E-state index in [1.165, 1.54) is 12.1 Å². The Morgan fingerprint density at radius 1 is 1.45 bits per heavy atom. The molecule has 1 aromatic rings. The van der Waals surface area contributed by atoms with Crippen LogP contribution in [0.1, 0.15) is 24.8 Å². The number of hydrogen-bond donors (Lipinski definition) is 0. The molecule has 5 heteroatoms. The van der Waals surface area contributed by atoms with Crippen molar-refractivity contribution < 1.29 is 13.9 Å². The highest BCUT2D eigenvalue weighted by Gasteiger charge is 2.24. The SMILES string of the molecule is COc1ccc(F)cc1CC[C@@H]1CC[C@@H](CN=C=S)O1. The van der Waals surface area contributed by atoms with E-state index in [0.29, 0.717) is 6.54 Å². The van der Waals surface area contributed by atoms with Gasteiger partial charge in [0.15, 0.2) is 0 Å². The van der Waals surface area contributed by atoms with Crippen LogP contribution in [0, 0.1) is 5.82 Å². The Morgan fingerprint density at radius 2 is 2.25 bits per heavy atom. The summed E-state index contributed by atoms with van der Waals surface area (Å²) in [5, 5.41) is 2.36. The third-order valence-electron chi connectivity index (χ3n) is 3.53. The van der Waals surface area contributed by atoms with Crippen molar-refractivity contribution in [3.8, 4) is 5.75 Å². The first-order valence-electron chi connectivity index (χ1n) is 6.74. The van der Waals surface area contributed by atoms with Crippen LogP contribution in [-0.4, -0.2) is 31.0 Å². The Kier molecular flexibility index (Phi) is 5.65. The standard InChI is InChI=1S/C15H18FNO2S/c1-18-15-7-3-12(16)8-11(15)2-4-13-5-6-14(19-13)9-17-10-20/h3,7-8,13-14H,2,4-6,9H2,1H3/t13-,14+/m1/s1. The van der Waals surface area contributed by atoms with Gasteiger partial charge in [-0.1, -0.05) is 0 Å². The molecule has 0 radical (unpaired) electrons. The maximum atomic E-state index is 13.3. The molecular formula is C15H18FNO2S. The molecule has 0 saturated carbocycles. The van der Waals surface area contributed by atoms with Crippen LogP contribution >= 0.6 is 12.2 Å². The average Bonchev–Trinajstić information content (AvgIpc) is 2.91. The molecule has 1 aromatic carbocycles. The first kappa shape index (κ1) is 15.1. The lowest BCUT2D eigenvalue weighted by Crippen LogP contribution is -2.14. The van der Waals surface area contributed by atoms with Crippen molar-refractivity contribution in [1.29, 1.82) is 0 Å². The van der Waals surface area contributed by atoms with Crippen LogP contribution in [0.4, 0.5) is 4.39 Å². The number of nitrogens with zero attached hydrogens (tertiary/aromatic N) is 1. The van der Waals surface area contributed by atoms with Gasteiger partial charge in [-0.2, -0.15) is 0 Å². The van der Waals surface area contributed by atoms with E-state index in [9.17, 15) is 4.39 Å². The van der Waals surface area contributed by atoms with Gasteiger partial charge in [-0.3, -0.25) is 0 Å². The van der Waals surface area contributed by atoms with Crippen LogP contribution in [-0.2, 0) is 11.2 Å². The lowest BCUT2D eigenvalue weighted by molar-refractivity contribution is 0.0461. The molecule has 0 spiro atoms. The van der Waals surface area contributed by atoms with Gasteiger partial charge in [0.05, 0.1) is 31.0 Å². The highest BCUT2D eigenvalue weighted by atomic mass is 32.1. The molecule has 0 unspecified atom stereocenters. The molecule has 1 saturated heterocycles. The van der Waals surface area contributed by atoms with Crippen molar-refractivity contribution in [1.82, 2.24) is 0 Å². The number of halogens is 1. The number of aryl methyl sites for hydroxylation is 1. The molecule has 2 rings (SSSR count). The lowest BCUT2D eigenvalue weighted by atomic mass is 10.0. The molecule has 0 amide bonds. The van der Waals surface area contributed by atoms with Gasteiger partial charge in [0, 0.05) is 0 Å². The van der Waals surface area contributed by atoms with Gasteiger partial charge in [-0.05, 0) is 61.7 Å². The van der Waals surface area contributed by atoms with Crippen LogP contribution in [0.3, 0.4) is 0 Å². The Labute approximate surface area is 123 Å². The summed E-state index contributed by atoms with van der Waals surface area (Å²) in [4.78, 5) is 3.92. The summed E-state index contributed by atoms with van der Waals surface area (Å²) < 4.78 is 24.4. The molecule has 2 atom stereocenters. The number of thiocarbonyl (C=S) groups is 1. The normalized spacial score (nSPS) is 21.5. The average molecular weight is 295 g/mol. The number of hydrogen-bond acceptors (Lipinski definition) is 4. The van der Waals surface area contributed by atoms with Crippen molar-refractivity contribution in [2.45, 2.75) is 37.9 Å². The summed E-state index contributed by atoms with van der Waals surface area (Å²) in [6.45, 7) is 0.587. The van der Waals surface area contributed by atoms with Crippen molar-refractivity contribution in [2.24, 2.45) is 4.99 Å². The van der Waals surface area contributed by atoms with Crippen molar-refractivity contribution >= 4 is 17.4 Å². The predicted molar refractivity (Wildman–Crippen MR) is 79.1 cm³/mol. The van der Waals surface area contributed by atoms with Gasteiger partial charge in [-0.25, -0.2) is 9.38 Å². The first-order chi connectivity index (χ1) is 9.72. The third kappa shape index (κ3) is 4.10. The first-order valence-corrected chi connectivity index (χ1v) is 7.15. The van der Waals surface area contributed by atoms with Gasteiger partial charge in [0.25, 0.3) is 0 Å². The number of isothiocyanates is 1. The Hall–Kier alpha value is -1.29. The Balaban J connectivity index is 1.87. The molecule has 0 bridgehead atoms. The number of ether oxygens (including phenoxy) is 2. The minimum atomic E-state index is -0.235. The Bertz CT molecular complexity index is 503. The highest BCUT2D eigenvalue weighted by Crippen LogP contribution is 2.26. The summed E-state index contributed by atoms with van der Waals surface area (Å²) in [5.74, 6) is 0.493. The molecule has 0 N–H and O–H groups in total. The van der Waals surface area contributed by atoms with Gasteiger partial charge < -0.3 is 9.47 Å². The summed E-state index contributed by atoms with van der Waals surface area (Å²) in [7, 11) is 1.60. The second-order valence-corrected chi connectivity index (χ2v) is 5.07. The summed E-state index contributed by atoms with van der Waals surface area (Å²) in [6, 6.07) is 4.60. The molecule has 0 aliphatic carbocycles. The van der Waals surface area contributed by atoms with Gasteiger partial charge in [0.1, 0.15) is 11.6 Å². The summed E-state index contributed by atoms with van der Waals surface area (Å²) >= 11 is 4.55. The van der Waals surface area contributed by atoms with E-state index >= 15 is 0 Å². The van der Waals surface area contributed by atoms with Crippen LogP contribution < -0.4 is 4.74 Å². The molecule has 3 nitrogen and oxygen atoms in total. The fourth-order valence-electron chi connectivity index (χ4n) is 2.52. The maximum Gasteiger partial charge on any atom is 0.123 e. The molecule has 1 aliphatic rings. The van der Waals surface area contributed by atoms with E-state index in [1.807, 2.05) is 0 Å². The zero-order valence-electron chi connectivity index (χ0n) is 11.5. The molecular weight excluding hydrogens is 277 g/mol. The smallest absolute Gasteiger partial charge is 0.123 e. The summed E-state index contributed by atoms with van der Waals surface area (Å²) in [6.07, 6.45) is 3.95. The minimum absolute atomic E-state index is 0.143. The predicted octanol–water partition coefficient (Wildman–Crippen LogP) is 3.42. The largest absolute Gasteiger partial charge is 0.496 e. The van der Waals surface area contributed by atoms with Crippen molar-refractivity contribution in [3.63, 3.8) is 0 Å². The lowest BCUT2D eigenvalue weighted by Gasteiger charge is -2.13. The molecule has 1 aliphatic heterocycles. The zero-order valence-corrected chi connectivity index (χ0v) is 12.3. The second-order valence-electron chi connectivity index (χ2n) is 4.88.